The highest BCUT2D eigenvalue weighted by atomic mass is 79.9. The molecule has 0 aliphatic rings. The van der Waals surface area contributed by atoms with Gasteiger partial charge in [0.05, 0.1) is 17.7 Å². The van der Waals surface area contributed by atoms with Crippen LogP contribution in [0.25, 0.3) is 0 Å². The molecular weight excluding hydrogens is 338 g/mol. The van der Waals surface area contributed by atoms with Crippen molar-refractivity contribution in [2.24, 2.45) is 5.73 Å². The van der Waals surface area contributed by atoms with Crippen molar-refractivity contribution in [3.63, 3.8) is 0 Å². The second-order valence-corrected chi connectivity index (χ2v) is 6.30. The number of ether oxygens (including phenoxy) is 1. The summed E-state index contributed by atoms with van der Waals surface area (Å²) < 4.78 is 10.5. The van der Waals surface area contributed by atoms with Crippen molar-refractivity contribution < 1.29 is 4.74 Å². The predicted molar refractivity (Wildman–Crippen MR) is 85.2 cm³/mol. The van der Waals surface area contributed by atoms with Crippen molar-refractivity contribution in [3.05, 3.63) is 38.8 Å². The van der Waals surface area contributed by atoms with Gasteiger partial charge in [-0.15, -0.1) is 5.10 Å². The van der Waals surface area contributed by atoms with Gasteiger partial charge >= 0.3 is 0 Å². The van der Waals surface area contributed by atoms with E-state index in [-0.39, 0.29) is 6.04 Å². The maximum Gasteiger partial charge on any atom is 0.122 e. The minimum absolute atomic E-state index is 0.0975. The van der Waals surface area contributed by atoms with Crippen LogP contribution in [0, 0.1) is 0 Å². The molecule has 4 nitrogen and oxygen atoms in total. The first-order valence-corrected chi connectivity index (χ1v) is 8.11. The number of rotatable bonds is 6. The first-order chi connectivity index (χ1) is 9.65. The third-order valence-electron chi connectivity index (χ3n) is 3.09. The van der Waals surface area contributed by atoms with Crippen LogP contribution >= 0.6 is 27.5 Å². The molecule has 0 amide bonds. The molecule has 1 heterocycles. The summed E-state index contributed by atoms with van der Waals surface area (Å²) in [7, 11) is 1.68. The second-order valence-electron chi connectivity index (χ2n) is 4.60. The van der Waals surface area contributed by atoms with Crippen LogP contribution < -0.4 is 10.5 Å². The van der Waals surface area contributed by atoms with Crippen molar-refractivity contribution in [2.75, 3.05) is 7.11 Å². The lowest BCUT2D eigenvalue weighted by Gasteiger charge is -2.14. The van der Waals surface area contributed by atoms with Gasteiger partial charge in [0.1, 0.15) is 5.75 Å². The lowest BCUT2D eigenvalue weighted by Crippen LogP contribution is -2.14. The Morgan fingerprint density at radius 3 is 2.95 bits per heavy atom. The maximum atomic E-state index is 6.34. The Balaban J connectivity index is 2.20. The lowest BCUT2D eigenvalue weighted by atomic mass is 10.0. The van der Waals surface area contributed by atoms with Gasteiger partial charge in [0.2, 0.25) is 0 Å². The molecule has 2 N–H and O–H groups in total. The Hall–Kier alpha value is -0.980. The molecule has 0 saturated heterocycles. The summed E-state index contributed by atoms with van der Waals surface area (Å²) in [5.74, 6) is 0.859. The van der Waals surface area contributed by atoms with Crippen LogP contribution in [0.5, 0.6) is 5.75 Å². The highest BCUT2D eigenvalue weighted by Crippen LogP contribution is 2.29. The summed E-state index contributed by atoms with van der Waals surface area (Å²) in [6, 6.07) is 5.86. The van der Waals surface area contributed by atoms with E-state index in [9.17, 15) is 0 Å². The molecule has 1 atom stereocenters. The number of methoxy groups -OCH3 is 1. The van der Waals surface area contributed by atoms with Crippen LogP contribution in [-0.2, 0) is 12.8 Å². The van der Waals surface area contributed by atoms with E-state index in [1.165, 1.54) is 11.5 Å². The Kier molecular flexibility index (Phi) is 5.51. The monoisotopic (exact) mass is 355 g/mol. The number of nitrogens with two attached hydrogens (primary N) is 1. The van der Waals surface area contributed by atoms with Gasteiger partial charge in [-0.3, -0.25) is 0 Å². The standard InChI is InChI=1S/C14H18BrN3OS/c1-3-4-12-14(20-18-17-12)11(16)8-9-7-10(15)5-6-13(9)19-2/h5-7,11H,3-4,8,16H2,1-2H3. The highest BCUT2D eigenvalue weighted by Gasteiger charge is 2.17. The van der Waals surface area contributed by atoms with E-state index >= 15 is 0 Å². The maximum absolute atomic E-state index is 6.34. The summed E-state index contributed by atoms with van der Waals surface area (Å²) in [6.07, 6.45) is 2.68. The molecule has 0 aliphatic heterocycles. The van der Waals surface area contributed by atoms with Gasteiger partial charge in [-0.25, -0.2) is 0 Å². The van der Waals surface area contributed by atoms with Crippen molar-refractivity contribution in [1.29, 1.82) is 0 Å². The topological polar surface area (TPSA) is 61.0 Å². The summed E-state index contributed by atoms with van der Waals surface area (Å²) >= 11 is 4.88. The minimum Gasteiger partial charge on any atom is -0.496 e. The molecule has 0 spiro atoms. The van der Waals surface area contributed by atoms with Gasteiger partial charge in [-0.1, -0.05) is 33.8 Å². The minimum atomic E-state index is -0.0975. The number of aryl methyl sites for hydroxylation is 1. The van der Waals surface area contributed by atoms with E-state index in [1.807, 2.05) is 18.2 Å². The van der Waals surface area contributed by atoms with Crippen LogP contribution in [0.3, 0.4) is 0 Å². The van der Waals surface area contributed by atoms with Gasteiger partial charge in [-0.05, 0) is 48.1 Å². The number of halogens is 1. The third-order valence-corrected chi connectivity index (χ3v) is 4.48. The summed E-state index contributed by atoms with van der Waals surface area (Å²) in [5.41, 5.74) is 8.45. The van der Waals surface area contributed by atoms with Crippen molar-refractivity contribution in [1.82, 2.24) is 9.59 Å². The van der Waals surface area contributed by atoms with Gasteiger partial charge in [0, 0.05) is 10.5 Å². The number of hydrogen-bond acceptors (Lipinski definition) is 5. The van der Waals surface area contributed by atoms with E-state index in [2.05, 4.69) is 32.4 Å². The summed E-state index contributed by atoms with van der Waals surface area (Å²) in [6.45, 7) is 2.13. The van der Waals surface area contributed by atoms with Gasteiger partial charge in [-0.2, -0.15) is 0 Å². The van der Waals surface area contributed by atoms with Crippen LogP contribution in [0.1, 0.15) is 35.5 Å². The summed E-state index contributed by atoms with van der Waals surface area (Å²) in [5, 5.41) is 4.18. The van der Waals surface area contributed by atoms with E-state index in [0.29, 0.717) is 6.42 Å². The molecule has 108 valence electrons. The number of benzene rings is 1. The van der Waals surface area contributed by atoms with Gasteiger partial charge in [0.25, 0.3) is 0 Å². The molecule has 0 aliphatic carbocycles. The van der Waals surface area contributed by atoms with Crippen molar-refractivity contribution >= 4 is 27.5 Å². The highest BCUT2D eigenvalue weighted by molar-refractivity contribution is 9.10. The van der Waals surface area contributed by atoms with Crippen molar-refractivity contribution in [3.8, 4) is 5.75 Å². The van der Waals surface area contributed by atoms with E-state index in [0.717, 1.165) is 39.2 Å². The fourth-order valence-corrected chi connectivity index (χ4v) is 3.25. The van der Waals surface area contributed by atoms with E-state index in [4.69, 9.17) is 10.5 Å². The van der Waals surface area contributed by atoms with Crippen molar-refractivity contribution in [2.45, 2.75) is 32.2 Å². The van der Waals surface area contributed by atoms with Crippen LogP contribution in [-0.4, -0.2) is 16.7 Å². The Bertz CT molecular complexity index is 573. The fourth-order valence-electron chi connectivity index (χ4n) is 2.14. The molecule has 2 rings (SSSR count). The molecular formula is C14H18BrN3OS. The first-order valence-electron chi connectivity index (χ1n) is 6.54. The van der Waals surface area contributed by atoms with Crippen LogP contribution in [0.15, 0.2) is 22.7 Å². The third kappa shape index (κ3) is 3.56. The zero-order chi connectivity index (χ0) is 14.5. The molecule has 1 aromatic heterocycles. The second kappa shape index (κ2) is 7.15. The normalized spacial score (nSPS) is 12.4. The molecule has 20 heavy (non-hydrogen) atoms. The number of nitrogens with zero attached hydrogens (tertiary/aromatic N) is 2. The molecule has 1 aromatic carbocycles. The number of aromatic nitrogens is 2. The molecule has 6 heteroatoms. The predicted octanol–water partition coefficient (Wildman–Crippen LogP) is 3.50. The van der Waals surface area contributed by atoms with Crippen LogP contribution in [0.4, 0.5) is 0 Å². The Morgan fingerprint density at radius 1 is 1.45 bits per heavy atom. The molecule has 0 radical (unpaired) electrons. The average Bonchev–Trinajstić information content (AvgIpc) is 2.88. The smallest absolute Gasteiger partial charge is 0.122 e. The Morgan fingerprint density at radius 2 is 2.25 bits per heavy atom. The number of hydrogen-bond donors (Lipinski definition) is 1. The zero-order valence-electron chi connectivity index (χ0n) is 11.6. The van der Waals surface area contributed by atoms with E-state index in [1.54, 1.807) is 7.11 Å². The largest absolute Gasteiger partial charge is 0.496 e. The quantitative estimate of drug-likeness (QED) is 0.861. The first kappa shape index (κ1) is 15.4. The molecule has 0 saturated carbocycles. The van der Waals surface area contributed by atoms with Crippen LogP contribution in [0.2, 0.25) is 0 Å². The average molecular weight is 356 g/mol. The molecule has 1 unspecified atom stereocenters. The van der Waals surface area contributed by atoms with E-state index < -0.39 is 0 Å². The zero-order valence-corrected chi connectivity index (χ0v) is 14.0. The molecule has 0 fully saturated rings. The van der Waals surface area contributed by atoms with Gasteiger partial charge in [0.15, 0.2) is 0 Å². The SMILES string of the molecule is CCCc1nnsc1C(N)Cc1cc(Br)ccc1OC. The fraction of sp³-hybridized carbons (Fsp3) is 0.429. The molecule has 0 bridgehead atoms. The van der Waals surface area contributed by atoms with Gasteiger partial charge < -0.3 is 10.5 Å². The summed E-state index contributed by atoms with van der Waals surface area (Å²) in [4.78, 5) is 1.08. The lowest BCUT2D eigenvalue weighted by molar-refractivity contribution is 0.408. The molecule has 2 aromatic rings. The Labute approximate surface area is 131 Å².